The Labute approximate surface area is 637 Å². The van der Waals surface area contributed by atoms with E-state index in [0.717, 1.165) is 164 Å². The summed E-state index contributed by atoms with van der Waals surface area (Å²) in [6.07, 6.45) is 24.1. The van der Waals surface area contributed by atoms with Crippen LogP contribution in [0.3, 0.4) is 0 Å². The van der Waals surface area contributed by atoms with Gasteiger partial charge in [0.05, 0.1) is 11.8 Å². The number of pyridine rings is 4. The molecule has 1 saturated carbocycles. The Kier molecular flexibility index (Phi) is 23.5. The third-order valence-corrected chi connectivity index (χ3v) is 22.2. The van der Waals surface area contributed by atoms with Crippen LogP contribution in [0, 0.1) is 27.7 Å². The molecule has 4 aromatic heterocycles. The lowest BCUT2D eigenvalue weighted by Gasteiger charge is -2.29. The second-order valence-corrected chi connectivity index (χ2v) is 30.6. The Morgan fingerprint density at radius 3 is 1.33 bits per heavy atom. The van der Waals surface area contributed by atoms with Crippen LogP contribution >= 0.6 is 0 Å². The summed E-state index contributed by atoms with van der Waals surface area (Å²) in [5, 5.41) is 3.01. The van der Waals surface area contributed by atoms with Crippen LogP contribution in [0.4, 0.5) is 17.1 Å². The van der Waals surface area contributed by atoms with Crippen molar-refractivity contribution in [2.75, 3.05) is 30.4 Å². The number of rotatable bonds is 12. The first kappa shape index (κ1) is 76.2. The normalized spacial score (nSPS) is 15.4. The van der Waals surface area contributed by atoms with E-state index < -0.39 is 0 Å². The van der Waals surface area contributed by atoms with Gasteiger partial charge in [0, 0.05) is 151 Å². The van der Waals surface area contributed by atoms with Crippen molar-refractivity contribution < 1.29 is 28.7 Å². The molecular formula is C92H99N7O10. The molecule has 6 aromatic carbocycles. The van der Waals surface area contributed by atoms with E-state index in [0.29, 0.717) is 74.2 Å². The summed E-state index contributed by atoms with van der Waals surface area (Å²) in [6, 6.07) is 44.6. The molecule has 2 fully saturated rings. The van der Waals surface area contributed by atoms with Crippen LogP contribution in [-0.2, 0) is 98.9 Å². The van der Waals surface area contributed by atoms with Gasteiger partial charge < -0.3 is 38.0 Å². The predicted molar refractivity (Wildman–Crippen MR) is 433 cm³/mol. The largest absolute Gasteiger partial charge is 0.488 e. The van der Waals surface area contributed by atoms with Crippen molar-refractivity contribution in [1.82, 2.24) is 23.2 Å². The van der Waals surface area contributed by atoms with E-state index in [1.807, 2.05) is 152 Å². The van der Waals surface area contributed by atoms with Crippen LogP contribution in [0.1, 0.15) is 144 Å². The van der Waals surface area contributed by atoms with Crippen molar-refractivity contribution in [3.63, 3.8) is 0 Å². The molecule has 10 aromatic rings. The molecule has 0 unspecified atom stereocenters. The van der Waals surface area contributed by atoms with Gasteiger partial charge in [0.2, 0.25) is 5.91 Å². The number of ether oxygens (including phenoxy) is 2. The number of ketones is 3. The van der Waals surface area contributed by atoms with Crippen molar-refractivity contribution in [2.45, 2.75) is 162 Å². The van der Waals surface area contributed by atoms with Gasteiger partial charge in [-0.3, -0.25) is 43.3 Å². The number of amides is 1. The standard InChI is InChI=1S/C24H24N2O2.C23H28N2O2.C23H21NO3.C22H26N2O3/c1-16-11-19(15-25(2)24(16)28)18-12-17-9-10-21(27)14-22(17)23(13-18)26(3)20-7-5-4-6-8-20;1-16-10-19(14-24(2)23(16)27)18-11-17-6-7-21(26)13-22(17)20(12-18)15-25-8-4-3-5-9-25;1-15-10-18(14-24(2)23(15)26)17-11-16-8-9-19(25)13-21(16)22(12-17)27-20-6-4-3-5-7-20;1-14-10-17(13-24(2)22(14)26)16-11-15-8-9-20(25)23-21(15)19(12-16)27-18-6-4-3-5-7-18/h4-8,11-13,15H,9-10,14H2,1-3H3;10-12,14H,3-9,13,15H2,1-2H3;3-7,10-12,14H,8-9,13H2,1-2H3;10-13,18H,3-9H2,1-2H3,(H,23,25). The van der Waals surface area contributed by atoms with Gasteiger partial charge in [0.25, 0.3) is 22.2 Å². The van der Waals surface area contributed by atoms with Gasteiger partial charge >= 0.3 is 0 Å². The highest BCUT2D eigenvalue weighted by molar-refractivity contribution is 5.97. The number of piperidine rings is 1. The molecule has 1 N–H and O–H groups in total. The lowest BCUT2D eigenvalue weighted by Crippen LogP contribution is -2.30. The number of nitrogens with one attached hydrogen (secondary N) is 1. The summed E-state index contributed by atoms with van der Waals surface area (Å²) in [4.78, 5) is 101. The number of anilines is 3. The summed E-state index contributed by atoms with van der Waals surface area (Å²) >= 11 is 0. The first-order valence-corrected chi connectivity index (χ1v) is 38.6. The number of hydrogen-bond acceptors (Lipinski definition) is 12. The fourth-order valence-electron chi connectivity index (χ4n) is 16.2. The van der Waals surface area contributed by atoms with Crippen molar-refractivity contribution in [3.05, 3.63) is 266 Å². The first-order valence-electron chi connectivity index (χ1n) is 38.6. The van der Waals surface area contributed by atoms with Gasteiger partial charge in [-0.15, -0.1) is 0 Å². The van der Waals surface area contributed by atoms with E-state index in [4.69, 9.17) is 9.47 Å². The highest BCUT2D eigenvalue weighted by Crippen LogP contribution is 2.42. The van der Waals surface area contributed by atoms with Crippen LogP contribution in [0.15, 0.2) is 177 Å². The Bertz CT molecular complexity index is 5140. The van der Waals surface area contributed by atoms with Crippen molar-refractivity contribution in [1.29, 1.82) is 0 Å². The van der Waals surface area contributed by atoms with Crippen LogP contribution in [0.5, 0.6) is 17.2 Å². The molecular weight excluding hydrogens is 1360 g/mol. The molecule has 17 nitrogen and oxygen atoms in total. The number of benzene rings is 6. The van der Waals surface area contributed by atoms with Crippen LogP contribution in [0.2, 0.25) is 0 Å². The number of para-hydroxylation sites is 2. The van der Waals surface area contributed by atoms with E-state index in [2.05, 4.69) is 63.6 Å². The maximum Gasteiger partial charge on any atom is 0.253 e. The number of carbonyl (C=O) groups excluding carboxylic acids is 4. The fraction of sp³-hybridized carbons (Fsp3) is 0.348. The molecule has 1 amide bonds. The molecule has 2 aliphatic heterocycles. The Hall–Kier alpha value is -11.0. The van der Waals surface area contributed by atoms with Crippen molar-refractivity contribution in [3.8, 4) is 61.8 Å². The van der Waals surface area contributed by atoms with E-state index in [-0.39, 0.29) is 40.0 Å². The zero-order valence-electron chi connectivity index (χ0n) is 64.4. The number of fused-ring (bicyclic) bond motifs is 4. The average molecular weight is 1460 g/mol. The molecule has 109 heavy (non-hydrogen) atoms. The van der Waals surface area contributed by atoms with E-state index in [9.17, 15) is 38.4 Å². The summed E-state index contributed by atoms with van der Waals surface area (Å²) < 4.78 is 19.0. The predicted octanol–water partition coefficient (Wildman–Crippen LogP) is 15.8. The molecule has 0 radical (unpaired) electrons. The third kappa shape index (κ3) is 17.9. The Morgan fingerprint density at radius 1 is 0.413 bits per heavy atom. The smallest absolute Gasteiger partial charge is 0.253 e. The summed E-state index contributed by atoms with van der Waals surface area (Å²) in [7, 11) is 9.17. The van der Waals surface area contributed by atoms with Gasteiger partial charge in [0.1, 0.15) is 34.6 Å². The number of aromatic nitrogens is 4. The molecule has 6 heterocycles. The first-order chi connectivity index (χ1) is 52.5. The number of aryl methyl sites for hydroxylation is 12. The average Bonchev–Trinajstić information content (AvgIpc) is 0.781. The molecule has 0 bridgehead atoms. The molecule has 17 heteroatoms. The number of Topliss-reactive ketones (excluding diaryl/α,β-unsaturated/α-hetero) is 3. The zero-order valence-corrected chi connectivity index (χ0v) is 64.4. The van der Waals surface area contributed by atoms with Crippen molar-refractivity contribution >= 4 is 40.3 Å². The van der Waals surface area contributed by atoms with E-state index in [1.165, 1.54) is 60.8 Å². The number of hydrogen-bond donors (Lipinski definition) is 1. The van der Waals surface area contributed by atoms with Gasteiger partial charge in [-0.1, -0.05) is 67.4 Å². The van der Waals surface area contributed by atoms with Crippen molar-refractivity contribution in [2.24, 2.45) is 28.2 Å². The van der Waals surface area contributed by atoms with E-state index in [1.54, 1.807) is 39.4 Å². The van der Waals surface area contributed by atoms with Gasteiger partial charge in [-0.25, -0.2) is 0 Å². The second-order valence-electron chi connectivity index (χ2n) is 30.6. The summed E-state index contributed by atoms with van der Waals surface area (Å²) in [5.41, 5.74) is 23.7. The lowest BCUT2D eigenvalue weighted by atomic mass is 9.84. The van der Waals surface area contributed by atoms with Gasteiger partial charge in [-0.2, -0.15) is 0 Å². The maximum absolute atomic E-state index is 12.2. The number of likely N-dealkylation sites (tertiary alicyclic amines) is 1. The highest BCUT2D eigenvalue weighted by atomic mass is 16.5. The summed E-state index contributed by atoms with van der Waals surface area (Å²) in [5.74, 6) is 3.15. The number of carbonyl (C=O) groups is 4. The summed E-state index contributed by atoms with van der Waals surface area (Å²) in [6.45, 7) is 10.6. The highest BCUT2D eigenvalue weighted by Gasteiger charge is 2.28. The quantitative estimate of drug-likeness (QED) is 0.122. The minimum atomic E-state index is 0.00284. The molecule has 6 aliphatic rings. The van der Waals surface area contributed by atoms with Gasteiger partial charge in [0.15, 0.2) is 0 Å². The molecule has 0 atom stereocenters. The van der Waals surface area contributed by atoms with Crippen LogP contribution in [0.25, 0.3) is 44.5 Å². The second kappa shape index (κ2) is 33.6. The minimum absolute atomic E-state index is 0.00284. The minimum Gasteiger partial charge on any atom is -0.488 e. The molecule has 0 spiro atoms. The Balaban J connectivity index is 0.000000128. The maximum atomic E-state index is 12.2. The molecule has 4 aliphatic carbocycles. The van der Waals surface area contributed by atoms with Gasteiger partial charge in [-0.05, 0) is 267 Å². The number of nitrogens with zero attached hydrogens (tertiary/aromatic N) is 6. The molecule has 1 saturated heterocycles. The fourth-order valence-corrected chi connectivity index (χ4v) is 16.2. The zero-order chi connectivity index (χ0) is 76.7. The van der Waals surface area contributed by atoms with Crippen LogP contribution in [-0.4, -0.2) is 72.7 Å². The monoisotopic (exact) mass is 1460 g/mol. The SMILES string of the molecule is Cc1cc(-c2cc3c(c(CN4CCCCC4)c2)CC(=O)CC3)cn(C)c1=O.Cc1cc(-c2cc3c(c(N(C)c4ccccc4)c2)CC(=O)CC3)cn(C)c1=O.Cc1cc(-c2cc3c(c(OC4CCCCC4)c2)NC(=O)CC3)cn(C)c1=O.Cc1cc(-c2cc3c(c(Oc4ccccc4)c2)CC(=O)CC3)cn(C)c1=O. The van der Waals surface area contributed by atoms with Crippen LogP contribution < -0.4 is 41.9 Å². The Morgan fingerprint density at radius 2 is 0.826 bits per heavy atom. The lowest BCUT2D eigenvalue weighted by molar-refractivity contribution is -0.119. The topological polar surface area (TPSA) is 193 Å². The molecule has 562 valence electrons. The third-order valence-electron chi connectivity index (χ3n) is 22.2. The molecule has 16 rings (SSSR count). The van der Waals surface area contributed by atoms with E-state index >= 15 is 0 Å².